The van der Waals surface area contributed by atoms with Crippen LogP contribution in [0.2, 0.25) is 5.02 Å². The van der Waals surface area contributed by atoms with E-state index in [0.717, 1.165) is 23.9 Å². The van der Waals surface area contributed by atoms with Gasteiger partial charge in [-0.3, -0.25) is 4.90 Å². The first-order valence-electron chi connectivity index (χ1n) is 7.83. The summed E-state index contributed by atoms with van der Waals surface area (Å²) in [5.41, 5.74) is 7.63. The summed E-state index contributed by atoms with van der Waals surface area (Å²) in [6, 6.07) is 8.58. The maximum atomic E-state index is 6.39. The number of halogens is 1. The molecule has 2 atom stereocenters. The molecule has 3 heteroatoms. The third-order valence-electron chi connectivity index (χ3n) is 4.56. The van der Waals surface area contributed by atoms with Crippen molar-refractivity contribution in [2.75, 3.05) is 13.6 Å². The van der Waals surface area contributed by atoms with E-state index in [1.54, 1.807) is 0 Å². The molecule has 112 valence electrons. The van der Waals surface area contributed by atoms with Crippen molar-refractivity contribution >= 4 is 11.6 Å². The highest BCUT2D eigenvalue weighted by Crippen LogP contribution is 2.30. The van der Waals surface area contributed by atoms with Crippen LogP contribution < -0.4 is 5.73 Å². The second-order valence-electron chi connectivity index (χ2n) is 6.16. The predicted molar refractivity (Wildman–Crippen MR) is 87.0 cm³/mol. The lowest BCUT2D eigenvalue weighted by Gasteiger charge is -2.34. The van der Waals surface area contributed by atoms with Gasteiger partial charge >= 0.3 is 0 Å². The monoisotopic (exact) mass is 294 g/mol. The summed E-state index contributed by atoms with van der Waals surface area (Å²) in [5, 5.41) is 0.796. The fourth-order valence-corrected chi connectivity index (χ4v) is 3.65. The maximum Gasteiger partial charge on any atom is 0.0496 e. The molecule has 1 aliphatic carbocycles. The summed E-state index contributed by atoms with van der Waals surface area (Å²) in [6.45, 7) is 3.30. The number of rotatable bonds is 6. The van der Waals surface area contributed by atoms with Gasteiger partial charge in [0.1, 0.15) is 0 Å². The molecule has 1 aromatic carbocycles. The SMILES string of the molecule is CCC(N)C(c1cccc(Cl)c1)N(C)CC1CCCC1. The Balaban J connectivity index is 2.13. The molecule has 0 aliphatic heterocycles. The molecule has 1 aliphatic rings. The van der Waals surface area contributed by atoms with Crippen LogP contribution >= 0.6 is 11.6 Å². The van der Waals surface area contributed by atoms with E-state index in [2.05, 4.69) is 31.0 Å². The number of benzene rings is 1. The molecule has 0 bridgehead atoms. The van der Waals surface area contributed by atoms with Crippen LogP contribution in [0.4, 0.5) is 0 Å². The fraction of sp³-hybridized carbons (Fsp3) is 0.647. The Bertz CT molecular complexity index is 415. The number of hydrogen-bond donors (Lipinski definition) is 1. The van der Waals surface area contributed by atoms with Crippen LogP contribution in [-0.2, 0) is 0 Å². The molecule has 0 saturated heterocycles. The molecule has 2 N–H and O–H groups in total. The van der Waals surface area contributed by atoms with Gasteiger partial charge in [-0.05, 0) is 49.9 Å². The van der Waals surface area contributed by atoms with E-state index in [9.17, 15) is 0 Å². The fourth-order valence-electron chi connectivity index (χ4n) is 3.46. The zero-order chi connectivity index (χ0) is 14.5. The van der Waals surface area contributed by atoms with E-state index in [4.69, 9.17) is 17.3 Å². The second kappa shape index (κ2) is 7.44. The van der Waals surface area contributed by atoms with Crippen molar-refractivity contribution in [3.8, 4) is 0 Å². The summed E-state index contributed by atoms with van der Waals surface area (Å²) >= 11 is 6.15. The van der Waals surface area contributed by atoms with Crippen LogP contribution in [-0.4, -0.2) is 24.5 Å². The Kier molecular flexibility index (Phi) is 5.88. The Labute approximate surface area is 128 Å². The van der Waals surface area contributed by atoms with E-state index in [-0.39, 0.29) is 12.1 Å². The van der Waals surface area contributed by atoms with E-state index in [1.807, 2.05) is 12.1 Å². The van der Waals surface area contributed by atoms with Gasteiger partial charge in [0.05, 0.1) is 0 Å². The standard InChI is InChI=1S/C17H27ClN2/c1-3-16(19)17(14-9-6-10-15(18)11-14)20(2)12-13-7-4-5-8-13/h6,9-11,13,16-17H,3-5,7-8,12,19H2,1-2H3. The third-order valence-corrected chi connectivity index (χ3v) is 4.80. The van der Waals surface area contributed by atoms with Gasteiger partial charge in [0.15, 0.2) is 0 Å². The van der Waals surface area contributed by atoms with Crippen LogP contribution in [0.3, 0.4) is 0 Å². The van der Waals surface area contributed by atoms with Gasteiger partial charge in [-0.15, -0.1) is 0 Å². The minimum Gasteiger partial charge on any atom is -0.326 e. The molecule has 20 heavy (non-hydrogen) atoms. The first-order chi connectivity index (χ1) is 9.61. The topological polar surface area (TPSA) is 29.3 Å². The van der Waals surface area contributed by atoms with Gasteiger partial charge in [-0.2, -0.15) is 0 Å². The van der Waals surface area contributed by atoms with E-state index >= 15 is 0 Å². The Morgan fingerprint density at radius 1 is 1.35 bits per heavy atom. The summed E-state index contributed by atoms with van der Waals surface area (Å²) in [7, 11) is 2.21. The summed E-state index contributed by atoms with van der Waals surface area (Å²) in [6.07, 6.45) is 6.49. The smallest absolute Gasteiger partial charge is 0.0496 e. The molecular weight excluding hydrogens is 268 g/mol. The van der Waals surface area contributed by atoms with Gasteiger partial charge in [0, 0.05) is 23.7 Å². The average molecular weight is 295 g/mol. The van der Waals surface area contributed by atoms with Crippen LogP contribution in [0.1, 0.15) is 50.6 Å². The van der Waals surface area contributed by atoms with E-state index in [0.29, 0.717) is 0 Å². The lowest BCUT2D eigenvalue weighted by molar-refractivity contribution is 0.180. The molecule has 2 nitrogen and oxygen atoms in total. The highest BCUT2D eigenvalue weighted by Gasteiger charge is 2.26. The molecule has 2 unspecified atom stereocenters. The molecule has 0 spiro atoms. The van der Waals surface area contributed by atoms with Crippen molar-refractivity contribution < 1.29 is 0 Å². The number of nitrogens with zero attached hydrogens (tertiary/aromatic N) is 1. The van der Waals surface area contributed by atoms with Crippen molar-refractivity contribution in [3.63, 3.8) is 0 Å². The van der Waals surface area contributed by atoms with Crippen molar-refractivity contribution in [1.82, 2.24) is 4.90 Å². The van der Waals surface area contributed by atoms with Gasteiger partial charge in [-0.1, -0.05) is 43.5 Å². The Hall–Kier alpha value is -0.570. The molecule has 0 heterocycles. The molecule has 0 amide bonds. The Morgan fingerprint density at radius 2 is 2.05 bits per heavy atom. The normalized spacial score (nSPS) is 19.4. The molecule has 1 saturated carbocycles. The van der Waals surface area contributed by atoms with Crippen LogP contribution in [0.25, 0.3) is 0 Å². The lowest BCUT2D eigenvalue weighted by Crippen LogP contribution is -2.40. The highest BCUT2D eigenvalue weighted by molar-refractivity contribution is 6.30. The first-order valence-corrected chi connectivity index (χ1v) is 8.21. The van der Waals surface area contributed by atoms with E-state index < -0.39 is 0 Å². The van der Waals surface area contributed by atoms with Gasteiger partial charge in [-0.25, -0.2) is 0 Å². The third kappa shape index (κ3) is 3.97. The van der Waals surface area contributed by atoms with Crippen LogP contribution in [0, 0.1) is 5.92 Å². The van der Waals surface area contributed by atoms with Gasteiger partial charge in [0.2, 0.25) is 0 Å². The Morgan fingerprint density at radius 3 is 2.65 bits per heavy atom. The predicted octanol–water partition coefficient (Wildman–Crippen LogP) is 4.24. The van der Waals surface area contributed by atoms with E-state index in [1.165, 1.54) is 31.2 Å². The lowest BCUT2D eigenvalue weighted by atomic mass is 9.95. The molecule has 0 aromatic heterocycles. The van der Waals surface area contributed by atoms with Crippen molar-refractivity contribution in [2.45, 2.75) is 51.1 Å². The first kappa shape index (κ1) is 15.8. The van der Waals surface area contributed by atoms with Gasteiger partial charge < -0.3 is 5.73 Å². The van der Waals surface area contributed by atoms with Crippen molar-refractivity contribution in [1.29, 1.82) is 0 Å². The summed E-state index contributed by atoms with van der Waals surface area (Å²) in [4.78, 5) is 2.44. The summed E-state index contributed by atoms with van der Waals surface area (Å²) in [5.74, 6) is 0.839. The second-order valence-corrected chi connectivity index (χ2v) is 6.60. The molecule has 2 rings (SSSR count). The maximum absolute atomic E-state index is 6.39. The zero-order valence-corrected chi connectivity index (χ0v) is 13.4. The highest BCUT2D eigenvalue weighted by atomic mass is 35.5. The number of hydrogen-bond acceptors (Lipinski definition) is 2. The molecule has 1 fully saturated rings. The minimum atomic E-state index is 0.153. The molecular formula is C17H27ClN2. The molecule has 0 radical (unpaired) electrons. The summed E-state index contributed by atoms with van der Waals surface area (Å²) < 4.78 is 0. The number of likely N-dealkylation sites (N-methyl/N-ethyl adjacent to an activating group) is 1. The number of nitrogens with two attached hydrogens (primary N) is 1. The minimum absolute atomic E-state index is 0.153. The van der Waals surface area contributed by atoms with Crippen molar-refractivity contribution in [2.24, 2.45) is 11.7 Å². The average Bonchev–Trinajstić information content (AvgIpc) is 2.91. The van der Waals surface area contributed by atoms with Gasteiger partial charge in [0.25, 0.3) is 0 Å². The quantitative estimate of drug-likeness (QED) is 0.850. The zero-order valence-electron chi connectivity index (χ0n) is 12.7. The largest absolute Gasteiger partial charge is 0.326 e. The van der Waals surface area contributed by atoms with Crippen LogP contribution in [0.15, 0.2) is 24.3 Å². The van der Waals surface area contributed by atoms with Crippen LogP contribution in [0.5, 0.6) is 0 Å². The van der Waals surface area contributed by atoms with Crippen molar-refractivity contribution in [3.05, 3.63) is 34.9 Å². The molecule has 1 aromatic rings.